The molecule has 0 bridgehead atoms. The lowest BCUT2D eigenvalue weighted by molar-refractivity contribution is -0.143. The lowest BCUT2D eigenvalue weighted by atomic mass is 10.4. The largest absolute Gasteiger partial charge is 0.463 e. The number of nitrogens with one attached hydrogen (secondary N) is 2. The molecule has 1 aromatic rings. The number of nitrogens with two attached hydrogens (primary N) is 1. The van der Waals surface area contributed by atoms with Gasteiger partial charge in [-0.05, 0) is 6.92 Å². The number of ether oxygens (including phenoxy) is 1. The van der Waals surface area contributed by atoms with Crippen molar-refractivity contribution in [1.29, 1.82) is 0 Å². The zero-order chi connectivity index (χ0) is 15.1. The van der Waals surface area contributed by atoms with E-state index in [9.17, 15) is 19.2 Å². The topological polar surface area (TPSA) is 136 Å². The van der Waals surface area contributed by atoms with Gasteiger partial charge >= 0.3 is 11.7 Å². The second-order valence-electron chi connectivity index (χ2n) is 3.99. The van der Waals surface area contributed by atoms with E-state index in [2.05, 4.69) is 15.0 Å². The van der Waals surface area contributed by atoms with Gasteiger partial charge in [0, 0.05) is 18.3 Å². The number of carbonyl (C=O) groups excluding carboxylic acids is 2. The quantitative estimate of drug-likeness (QED) is 0.492. The standard InChI is InChI=1S/C11H16N4O5/c1-7-5-15(11(19)14-10(7)18)6-8(16)13-4-9(17)20-3-2-12/h5H,2-4,6,12H2,1H3,(H,13,16)(H,14,18,19). The van der Waals surface area contributed by atoms with Crippen molar-refractivity contribution in [3.8, 4) is 0 Å². The molecule has 20 heavy (non-hydrogen) atoms. The highest BCUT2D eigenvalue weighted by Crippen LogP contribution is 1.85. The molecule has 0 fully saturated rings. The molecule has 0 atom stereocenters. The lowest BCUT2D eigenvalue weighted by Gasteiger charge is -2.07. The second-order valence-corrected chi connectivity index (χ2v) is 3.99. The summed E-state index contributed by atoms with van der Waals surface area (Å²) < 4.78 is 5.69. The Morgan fingerprint density at radius 1 is 1.45 bits per heavy atom. The Labute approximate surface area is 113 Å². The first-order valence-corrected chi connectivity index (χ1v) is 5.86. The molecule has 0 saturated heterocycles. The predicted octanol–water partition coefficient (Wildman–Crippen LogP) is -2.54. The molecule has 1 amide bonds. The zero-order valence-corrected chi connectivity index (χ0v) is 11.0. The SMILES string of the molecule is Cc1cn(CC(=O)NCC(=O)OCCN)c(=O)[nH]c1=O. The molecule has 0 aliphatic rings. The summed E-state index contributed by atoms with van der Waals surface area (Å²) in [6.07, 6.45) is 1.27. The average Bonchev–Trinajstić information content (AvgIpc) is 2.40. The van der Waals surface area contributed by atoms with Crippen LogP contribution in [0.25, 0.3) is 0 Å². The van der Waals surface area contributed by atoms with Crippen LogP contribution in [-0.4, -0.2) is 41.1 Å². The smallest absolute Gasteiger partial charge is 0.328 e. The molecule has 110 valence electrons. The van der Waals surface area contributed by atoms with E-state index in [0.717, 1.165) is 4.57 Å². The van der Waals surface area contributed by atoms with Crippen LogP contribution < -0.4 is 22.3 Å². The fraction of sp³-hybridized carbons (Fsp3) is 0.455. The first kappa shape index (κ1) is 15.6. The summed E-state index contributed by atoms with van der Waals surface area (Å²) in [6, 6.07) is 0. The van der Waals surface area contributed by atoms with Gasteiger partial charge in [-0.3, -0.25) is 23.9 Å². The minimum absolute atomic E-state index is 0.0767. The van der Waals surface area contributed by atoms with Crippen molar-refractivity contribution in [3.05, 3.63) is 32.6 Å². The van der Waals surface area contributed by atoms with Crippen LogP contribution in [0.1, 0.15) is 5.56 Å². The molecule has 1 rings (SSSR count). The lowest BCUT2D eigenvalue weighted by Crippen LogP contribution is -2.38. The molecule has 0 aliphatic carbocycles. The third-order valence-corrected chi connectivity index (χ3v) is 2.31. The number of rotatable bonds is 6. The van der Waals surface area contributed by atoms with E-state index >= 15 is 0 Å². The predicted molar refractivity (Wildman–Crippen MR) is 69.1 cm³/mol. The summed E-state index contributed by atoms with van der Waals surface area (Å²) in [5.41, 5.74) is 4.26. The summed E-state index contributed by atoms with van der Waals surface area (Å²) in [5.74, 6) is -1.17. The number of amides is 1. The van der Waals surface area contributed by atoms with Crippen LogP contribution in [0.2, 0.25) is 0 Å². The van der Waals surface area contributed by atoms with E-state index < -0.39 is 23.1 Å². The van der Waals surface area contributed by atoms with Gasteiger partial charge in [0.05, 0.1) is 0 Å². The van der Waals surface area contributed by atoms with E-state index in [4.69, 9.17) is 5.73 Å². The fourth-order valence-electron chi connectivity index (χ4n) is 1.34. The van der Waals surface area contributed by atoms with Gasteiger partial charge in [0.2, 0.25) is 5.91 Å². The van der Waals surface area contributed by atoms with Gasteiger partial charge in [-0.1, -0.05) is 0 Å². The first-order chi connectivity index (χ1) is 9.43. The highest BCUT2D eigenvalue weighted by molar-refractivity contribution is 5.81. The van der Waals surface area contributed by atoms with E-state index in [-0.39, 0.29) is 26.2 Å². The van der Waals surface area contributed by atoms with Gasteiger partial charge in [-0.15, -0.1) is 0 Å². The highest BCUT2D eigenvalue weighted by atomic mass is 16.5. The summed E-state index contributed by atoms with van der Waals surface area (Å²) >= 11 is 0. The maximum Gasteiger partial charge on any atom is 0.328 e. The van der Waals surface area contributed by atoms with Gasteiger partial charge < -0.3 is 15.8 Å². The Morgan fingerprint density at radius 2 is 2.15 bits per heavy atom. The van der Waals surface area contributed by atoms with Crippen LogP contribution in [0.4, 0.5) is 0 Å². The Hall–Kier alpha value is -2.42. The minimum atomic E-state index is -0.693. The number of carbonyl (C=O) groups is 2. The van der Waals surface area contributed by atoms with Crippen molar-refractivity contribution >= 4 is 11.9 Å². The molecule has 0 aromatic carbocycles. The average molecular weight is 284 g/mol. The molecule has 9 nitrogen and oxygen atoms in total. The zero-order valence-electron chi connectivity index (χ0n) is 11.0. The van der Waals surface area contributed by atoms with Crippen LogP contribution in [0.5, 0.6) is 0 Å². The molecule has 9 heteroatoms. The van der Waals surface area contributed by atoms with Crippen LogP contribution in [0, 0.1) is 6.92 Å². The number of aryl methyl sites for hydroxylation is 1. The molecule has 0 unspecified atom stereocenters. The number of hydrogen-bond acceptors (Lipinski definition) is 6. The number of aromatic amines is 1. The van der Waals surface area contributed by atoms with Crippen LogP contribution >= 0.6 is 0 Å². The monoisotopic (exact) mass is 284 g/mol. The molecular weight excluding hydrogens is 268 g/mol. The number of hydrogen-bond donors (Lipinski definition) is 3. The fourth-order valence-corrected chi connectivity index (χ4v) is 1.34. The van der Waals surface area contributed by atoms with Crippen molar-refractivity contribution in [2.45, 2.75) is 13.5 Å². The highest BCUT2D eigenvalue weighted by Gasteiger charge is 2.09. The van der Waals surface area contributed by atoms with Gasteiger partial charge in [0.25, 0.3) is 5.56 Å². The maximum absolute atomic E-state index is 11.5. The van der Waals surface area contributed by atoms with Gasteiger partial charge in [-0.25, -0.2) is 4.79 Å². The number of esters is 1. The Bertz CT molecular complexity index is 604. The molecule has 4 N–H and O–H groups in total. The van der Waals surface area contributed by atoms with Crippen LogP contribution in [-0.2, 0) is 20.9 Å². The van der Waals surface area contributed by atoms with Crippen molar-refractivity contribution in [2.75, 3.05) is 19.7 Å². The summed E-state index contributed by atoms with van der Waals surface area (Å²) in [4.78, 5) is 47.3. The number of nitrogens with zero attached hydrogens (tertiary/aromatic N) is 1. The van der Waals surface area contributed by atoms with E-state index in [1.807, 2.05) is 0 Å². The molecule has 0 spiro atoms. The molecule has 1 heterocycles. The van der Waals surface area contributed by atoms with Gasteiger partial charge in [-0.2, -0.15) is 0 Å². The molecule has 0 aliphatic heterocycles. The van der Waals surface area contributed by atoms with Gasteiger partial charge in [0.1, 0.15) is 19.7 Å². The van der Waals surface area contributed by atoms with Crippen LogP contribution in [0.15, 0.2) is 15.8 Å². The van der Waals surface area contributed by atoms with E-state index in [1.54, 1.807) is 0 Å². The number of aromatic nitrogens is 2. The molecule has 0 saturated carbocycles. The van der Waals surface area contributed by atoms with Crippen molar-refractivity contribution in [3.63, 3.8) is 0 Å². The maximum atomic E-state index is 11.5. The Kier molecular flexibility index (Phi) is 5.66. The third-order valence-electron chi connectivity index (χ3n) is 2.31. The van der Waals surface area contributed by atoms with Crippen molar-refractivity contribution in [1.82, 2.24) is 14.9 Å². The van der Waals surface area contributed by atoms with Crippen molar-refractivity contribution < 1.29 is 14.3 Å². The summed E-state index contributed by atoms with van der Waals surface area (Å²) in [5, 5.41) is 2.30. The van der Waals surface area contributed by atoms with E-state index in [0.29, 0.717) is 5.56 Å². The van der Waals surface area contributed by atoms with Crippen LogP contribution in [0.3, 0.4) is 0 Å². The normalized spacial score (nSPS) is 10.1. The van der Waals surface area contributed by atoms with Gasteiger partial charge in [0.15, 0.2) is 0 Å². The Balaban J connectivity index is 2.55. The number of H-pyrrole nitrogens is 1. The third kappa shape index (κ3) is 4.69. The van der Waals surface area contributed by atoms with Crippen molar-refractivity contribution in [2.24, 2.45) is 5.73 Å². The molecule has 0 radical (unpaired) electrons. The first-order valence-electron chi connectivity index (χ1n) is 5.86. The molecular formula is C11H16N4O5. The minimum Gasteiger partial charge on any atom is -0.463 e. The second kappa shape index (κ2) is 7.24. The summed E-state index contributed by atoms with van der Waals surface area (Å²) in [7, 11) is 0. The summed E-state index contributed by atoms with van der Waals surface area (Å²) in [6.45, 7) is 1.17. The Morgan fingerprint density at radius 3 is 2.80 bits per heavy atom. The van der Waals surface area contributed by atoms with E-state index in [1.165, 1.54) is 13.1 Å². The molecule has 1 aromatic heterocycles.